The van der Waals surface area contributed by atoms with Crippen molar-refractivity contribution in [3.63, 3.8) is 0 Å². The van der Waals surface area contributed by atoms with Crippen LogP contribution in [-0.4, -0.2) is 147 Å². The first-order valence-electron chi connectivity index (χ1n) is 23.6. The lowest BCUT2D eigenvalue weighted by Crippen LogP contribution is -2.51. The summed E-state index contributed by atoms with van der Waals surface area (Å²) in [6.07, 6.45) is 1.68. The summed E-state index contributed by atoms with van der Waals surface area (Å²) in [5.74, 6) is -3.94. The number of hydrogen-bond donors (Lipinski definition) is 1. The fourth-order valence-corrected chi connectivity index (χ4v) is 7.65. The lowest BCUT2D eigenvalue weighted by Gasteiger charge is -2.32. The quantitative estimate of drug-likeness (QED) is 0.0873. The highest BCUT2D eigenvalue weighted by molar-refractivity contribution is 5.93. The van der Waals surface area contributed by atoms with Crippen LogP contribution in [0.1, 0.15) is 69.2 Å². The van der Waals surface area contributed by atoms with Gasteiger partial charge in [-0.25, -0.2) is 0 Å². The van der Waals surface area contributed by atoms with E-state index in [0.29, 0.717) is 25.8 Å². The van der Waals surface area contributed by atoms with Crippen molar-refractivity contribution in [1.29, 1.82) is 0 Å². The Morgan fingerprint density at radius 1 is 0.333 bits per heavy atom. The Bertz CT molecular complexity index is 2280. The normalized spacial score (nSPS) is 10.7. The van der Waals surface area contributed by atoms with E-state index in [0.717, 1.165) is 22.3 Å². The molecule has 0 saturated heterocycles. The van der Waals surface area contributed by atoms with Crippen molar-refractivity contribution in [2.45, 2.75) is 73.1 Å². The van der Waals surface area contributed by atoms with Crippen LogP contribution in [0.2, 0.25) is 0 Å². The van der Waals surface area contributed by atoms with E-state index in [1.807, 2.05) is 142 Å². The van der Waals surface area contributed by atoms with Crippen LogP contribution >= 0.6 is 0 Å². The van der Waals surface area contributed by atoms with E-state index >= 15 is 0 Å². The summed E-state index contributed by atoms with van der Waals surface area (Å²) in [6.45, 7) is 5.47. The lowest BCUT2D eigenvalue weighted by atomic mass is 10.2. The average molecular weight is 945 g/mol. The second-order valence-corrected chi connectivity index (χ2v) is 17.0. The van der Waals surface area contributed by atoms with E-state index in [1.54, 1.807) is 0 Å². The minimum Gasteiger partial charge on any atom is -0.368 e. The van der Waals surface area contributed by atoms with Crippen LogP contribution in [0, 0.1) is 0 Å². The molecule has 4 aromatic carbocycles. The van der Waals surface area contributed by atoms with E-state index < -0.39 is 61.6 Å². The fourth-order valence-electron chi connectivity index (χ4n) is 7.65. The monoisotopic (exact) mass is 945 g/mol. The minimum atomic E-state index is -0.712. The number of nitrogens with zero attached hydrogens (tertiary/aromatic N) is 7. The van der Waals surface area contributed by atoms with Crippen LogP contribution in [0.4, 0.5) is 0 Å². The number of primary amides is 1. The van der Waals surface area contributed by atoms with Crippen LogP contribution in [0.25, 0.3) is 0 Å². The molecule has 0 bridgehead atoms. The van der Waals surface area contributed by atoms with Crippen LogP contribution < -0.4 is 5.73 Å². The number of carbonyl (C=O) groups excluding carboxylic acids is 8. The molecule has 4 aromatic rings. The molecule has 0 aliphatic rings. The molecule has 368 valence electrons. The van der Waals surface area contributed by atoms with Gasteiger partial charge in [0, 0.05) is 52.7 Å². The van der Waals surface area contributed by atoms with Gasteiger partial charge in [0.15, 0.2) is 0 Å². The van der Waals surface area contributed by atoms with Crippen LogP contribution in [0.3, 0.4) is 0 Å². The van der Waals surface area contributed by atoms with Crippen LogP contribution in [0.5, 0.6) is 0 Å². The Hall–Kier alpha value is -7.36. The molecule has 2 N–H and O–H groups in total. The SMILES string of the molecule is CCCN(CC(=O)N(CCC)CC(=O)N(CC(=O)N(CC(=O)N(CCC)CC(=O)N(CC(=O)N(CC(N)=O)Cc1ccccc1)Cc1ccccc1)Cc1ccccc1)Cc1ccccc1)C(C)=O. The molecule has 4 rings (SSSR count). The Balaban J connectivity index is 1.61. The maximum Gasteiger partial charge on any atom is 0.242 e. The molecule has 8 amide bonds. The second-order valence-electron chi connectivity index (χ2n) is 17.0. The molecule has 0 aliphatic heterocycles. The predicted octanol–water partition coefficient (Wildman–Crippen LogP) is 4.32. The van der Waals surface area contributed by atoms with E-state index in [1.165, 1.54) is 41.2 Å². The molecular formula is C53H68N8O8. The van der Waals surface area contributed by atoms with Gasteiger partial charge in [0.2, 0.25) is 47.3 Å². The number of carbonyl (C=O) groups is 8. The Morgan fingerprint density at radius 2 is 0.551 bits per heavy atom. The summed E-state index contributed by atoms with van der Waals surface area (Å²) in [5.41, 5.74) is 8.53. The van der Waals surface area contributed by atoms with Crippen molar-refractivity contribution in [2.24, 2.45) is 5.73 Å². The second kappa shape index (κ2) is 28.7. The number of amides is 8. The van der Waals surface area contributed by atoms with Gasteiger partial charge in [-0.05, 0) is 41.5 Å². The van der Waals surface area contributed by atoms with Crippen LogP contribution in [0.15, 0.2) is 121 Å². The fraction of sp³-hybridized carbons (Fsp3) is 0.396. The highest BCUT2D eigenvalue weighted by Crippen LogP contribution is 2.14. The number of benzene rings is 4. The van der Waals surface area contributed by atoms with E-state index in [4.69, 9.17) is 5.73 Å². The molecule has 0 spiro atoms. The molecule has 0 radical (unpaired) electrons. The number of hydrogen-bond acceptors (Lipinski definition) is 8. The predicted molar refractivity (Wildman–Crippen MR) is 263 cm³/mol. The summed E-state index contributed by atoms with van der Waals surface area (Å²) in [5, 5.41) is 0. The van der Waals surface area contributed by atoms with Gasteiger partial charge in [0.25, 0.3) is 0 Å². The molecular weight excluding hydrogens is 877 g/mol. The van der Waals surface area contributed by atoms with Gasteiger partial charge >= 0.3 is 0 Å². The van der Waals surface area contributed by atoms with Crippen LogP contribution in [-0.2, 0) is 64.5 Å². The maximum atomic E-state index is 14.6. The molecule has 69 heavy (non-hydrogen) atoms. The highest BCUT2D eigenvalue weighted by atomic mass is 16.2. The average Bonchev–Trinajstić information content (AvgIpc) is 3.33. The summed E-state index contributed by atoms with van der Waals surface area (Å²) in [6, 6.07) is 36.4. The third-order valence-corrected chi connectivity index (χ3v) is 11.2. The largest absolute Gasteiger partial charge is 0.368 e. The lowest BCUT2D eigenvalue weighted by molar-refractivity contribution is -0.149. The molecule has 16 heteroatoms. The van der Waals surface area contributed by atoms with E-state index in [9.17, 15) is 38.4 Å². The molecule has 16 nitrogen and oxygen atoms in total. The molecule has 0 saturated carbocycles. The summed E-state index contributed by atoms with van der Waals surface area (Å²) >= 11 is 0. The van der Waals surface area contributed by atoms with Crippen molar-refractivity contribution >= 4 is 47.3 Å². The number of nitrogens with two attached hydrogens (primary N) is 1. The molecule has 0 unspecified atom stereocenters. The minimum absolute atomic E-state index is 0.0111. The standard InChI is InChI=1S/C53H68N8O8/c1-5-28-55(42(4)62)36-48(64)56(29-6-2)37-50(66)61(34-46-26-18-11-19-27-46)41-53(69)59(32-44-22-14-9-15-23-44)39-49(65)57(30-7-3)38-51(67)60(33-45-24-16-10-17-25-45)40-52(68)58(35-47(54)63)31-43-20-12-8-13-21-43/h8-27H,5-7,28-41H2,1-4H3,(H2,54,63). The van der Waals surface area contributed by atoms with Crippen molar-refractivity contribution < 1.29 is 38.4 Å². The highest BCUT2D eigenvalue weighted by Gasteiger charge is 2.30. The maximum absolute atomic E-state index is 14.6. The van der Waals surface area contributed by atoms with Gasteiger partial charge < -0.3 is 40.0 Å². The molecule has 0 aliphatic carbocycles. The number of rotatable bonds is 28. The van der Waals surface area contributed by atoms with Gasteiger partial charge in [-0.15, -0.1) is 0 Å². The summed E-state index contributed by atoms with van der Waals surface area (Å²) < 4.78 is 0. The van der Waals surface area contributed by atoms with Gasteiger partial charge in [0.1, 0.15) is 19.6 Å². The van der Waals surface area contributed by atoms with Crippen molar-refractivity contribution in [3.05, 3.63) is 144 Å². The topological polar surface area (TPSA) is 185 Å². The zero-order valence-corrected chi connectivity index (χ0v) is 40.5. The molecule has 0 fully saturated rings. The summed E-state index contributed by atoms with van der Waals surface area (Å²) in [7, 11) is 0. The Labute approximate surface area is 406 Å². The zero-order chi connectivity index (χ0) is 50.1. The van der Waals surface area contributed by atoms with Gasteiger partial charge in [-0.3, -0.25) is 38.4 Å². The molecule has 0 aromatic heterocycles. The first-order chi connectivity index (χ1) is 33.2. The van der Waals surface area contributed by atoms with Crippen molar-refractivity contribution in [1.82, 2.24) is 34.3 Å². The van der Waals surface area contributed by atoms with E-state index in [2.05, 4.69) is 0 Å². The molecule has 0 heterocycles. The third-order valence-electron chi connectivity index (χ3n) is 11.2. The van der Waals surface area contributed by atoms with Gasteiger partial charge in [-0.1, -0.05) is 142 Å². The Kier molecular flexibility index (Phi) is 22.6. The Morgan fingerprint density at radius 3 is 0.797 bits per heavy atom. The third kappa shape index (κ3) is 18.7. The zero-order valence-electron chi connectivity index (χ0n) is 40.5. The first-order valence-corrected chi connectivity index (χ1v) is 23.6. The van der Waals surface area contributed by atoms with E-state index in [-0.39, 0.29) is 70.7 Å². The smallest absolute Gasteiger partial charge is 0.242 e. The molecule has 0 atom stereocenters. The first kappa shape index (κ1) is 54.2. The summed E-state index contributed by atoms with van der Waals surface area (Å²) in [4.78, 5) is 119. The van der Waals surface area contributed by atoms with Crippen molar-refractivity contribution in [3.8, 4) is 0 Å². The van der Waals surface area contributed by atoms with Crippen molar-refractivity contribution in [2.75, 3.05) is 65.4 Å². The van der Waals surface area contributed by atoms with Gasteiger partial charge in [0.05, 0.1) is 26.2 Å². The van der Waals surface area contributed by atoms with Gasteiger partial charge in [-0.2, -0.15) is 0 Å².